The second-order valence-corrected chi connectivity index (χ2v) is 4.24. The minimum atomic E-state index is -0.280. The predicted octanol–water partition coefficient (Wildman–Crippen LogP) is 1.67. The molecule has 0 aromatic heterocycles. The molecule has 17 heavy (non-hydrogen) atoms. The summed E-state index contributed by atoms with van der Waals surface area (Å²) in [6.07, 6.45) is 0.402. The first kappa shape index (κ1) is 11.8. The third-order valence-corrected chi connectivity index (χ3v) is 2.87. The van der Waals surface area contributed by atoms with E-state index < -0.39 is 0 Å². The summed E-state index contributed by atoms with van der Waals surface area (Å²) >= 11 is 5.70. The summed E-state index contributed by atoms with van der Waals surface area (Å²) in [6, 6.07) is 6.36. The summed E-state index contributed by atoms with van der Waals surface area (Å²) in [4.78, 5) is 35.5. The van der Waals surface area contributed by atoms with Crippen LogP contribution < -0.4 is 0 Å². The number of imide groups is 1. The Morgan fingerprint density at radius 3 is 2.18 bits per heavy atom. The molecule has 1 aromatic carbocycles. The molecule has 0 aliphatic carbocycles. The van der Waals surface area contributed by atoms with Crippen molar-refractivity contribution in [3.8, 4) is 0 Å². The molecule has 5 heteroatoms. The molecule has 1 aliphatic rings. The Kier molecular flexibility index (Phi) is 3.24. The van der Waals surface area contributed by atoms with Crippen LogP contribution in [-0.2, 0) is 9.59 Å². The maximum atomic E-state index is 11.8. The van der Waals surface area contributed by atoms with Crippen LogP contribution in [0.3, 0.4) is 0 Å². The first-order chi connectivity index (χ1) is 8.08. The van der Waals surface area contributed by atoms with Gasteiger partial charge in [-0.05, 0) is 24.3 Å². The van der Waals surface area contributed by atoms with Crippen LogP contribution in [0.15, 0.2) is 24.3 Å². The minimum absolute atomic E-state index is 0.181. The zero-order valence-corrected chi connectivity index (χ0v) is 9.74. The number of benzene rings is 1. The zero-order valence-electron chi connectivity index (χ0n) is 8.98. The Morgan fingerprint density at radius 1 is 1.12 bits per heavy atom. The van der Waals surface area contributed by atoms with Crippen LogP contribution >= 0.6 is 11.6 Å². The molecule has 88 valence electrons. The van der Waals surface area contributed by atoms with Crippen LogP contribution in [0.2, 0.25) is 5.02 Å². The topological polar surface area (TPSA) is 54.5 Å². The van der Waals surface area contributed by atoms with E-state index >= 15 is 0 Å². The van der Waals surface area contributed by atoms with Gasteiger partial charge in [0.25, 0.3) is 0 Å². The number of nitrogens with zero attached hydrogens (tertiary/aromatic N) is 1. The second kappa shape index (κ2) is 4.67. The maximum absolute atomic E-state index is 11.8. The van der Waals surface area contributed by atoms with Crippen molar-refractivity contribution in [2.45, 2.75) is 12.8 Å². The molecule has 0 spiro atoms. The van der Waals surface area contributed by atoms with Crippen molar-refractivity contribution in [3.05, 3.63) is 34.9 Å². The summed E-state index contributed by atoms with van der Waals surface area (Å²) < 4.78 is 0. The summed E-state index contributed by atoms with van der Waals surface area (Å²) in [6.45, 7) is -0.181. The molecule has 0 radical (unpaired) electrons. The molecule has 2 rings (SSSR count). The predicted molar refractivity (Wildman–Crippen MR) is 61.7 cm³/mol. The van der Waals surface area contributed by atoms with Gasteiger partial charge in [0.05, 0.1) is 6.54 Å². The van der Waals surface area contributed by atoms with Gasteiger partial charge in [0.1, 0.15) is 0 Å². The average molecular weight is 252 g/mol. The first-order valence-electron chi connectivity index (χ1n) is 5.20. The van der Waals surface area contributed by atoms with Gasteiger partial charge in [-0.15, -0.1) is 0 Å². The minimum Gasteiger partial charge on any atom is -0.292 e. The molecule has 2 amide bonds. The first-order valence-corrected chi connectivity index (χ1v) is 5.57. The van der Waals surface area contributed by atoms with Gasteiger partial charge >= 0.3 is 0 Å². The van der Waals surface area contributed by atoms with E-state index in [1.807, 2.05) is 0 Å². The van der Waals surface area contributed by atoms with Crippen LogP contribution in [-0.4, -0.2) is 29.0 Å². The van der Waals surface area contributed by atoms with Crippen molar-refractivity contribution in [3.63, 3.8) is 0 Å². The Hall–Kier alpha value is -1.68. The molecule has 0 unspecified atom stereocenters. The van der Waals surface area contributed by atoms with E-state index in [1.165, 1.54) is 0 Å². The summed E-state index contributed by atoms with van der Waals surface area (Å²) in [7, 11) is 0. The number of halogens is 1. The van der Waals surface area contributed by atoms with E-state index in [0.717, 1.165) is 4.90 Å². The third-order valence-electron chi connectivity index (χ3n) is 2.62. The van der Waals surface area contributed by atoms with Gasteiger partial charge in [-0.3, -0.25) is 19.3 Å². The monoisotopic (exact) mass is 251 g/mol. The van der Waals surface area contributed by atoms with Gasteiger partial charge < -0.3 is 0 Å². The largest absolute Gasteiger partial charge is 0.292 e. The highest BCUT2D eigenvalue weighted by molar-refractivity contribution is 6.30. The zero-order chi connectivity index (χ0) is 12.4. The molecule has 1 heterocycles. The van der Waals surface area contributed by atoms with Gasteiger partial charge in [-0.1, -0.05) is 11.6 Å². The molecule has 0 N–H and O–H groups in total. The van der Waals surface area contributed by atoms with Crippen LogP contribution in [0, 0.1) is 0 Å². The summed E-state index contributed by atoms with van der Waals surface area (Å²) in [5.74, 6) is -0.820. The van der Waals surface area contributed by atoms with Crippen LogP contribution in [0.25, 0.3) is 0 Å². The maximum Gasteiger partial charge on any atom is 0.230 e. The summed E-state index contributed by atoms with van der Waals surface area (Å²) in [5, 5.41) is 0.537. The molecule has 1 aromatic rings. The second-order valence-electron chi connectivity index (χ2n) is 3.80. The van der Waals surface area contributed by atoms with Crippen molar-refractivity contribution < 1.29 is 14.4 Å². The lowest BCUT2D eigenvalue weighted by Crippen LogP contribution is -2.34. The van der Waals surface area contributed by atoms with Gasteiger partial charge in [0, 0.05) is 23.4 Å². The van der Waals surface area contributed by atoms with Crippen LogP contribution in [0.4, 0.5) is 0 Å². The molecule has 1 aliphatic heterocycles. The molecule has 0 bridgehead atoms. The van der Waals surface area contributed by atoms with Crippen molar-refractivity contribution >= 4 is 29.2 Å². The van der Waals surface area contributed by atoms with Gasteiger partial charge in [-0.2, -0.15) is 0 Å². The van der Waals surface area contributed by atoms with Crippen molar-refractivity contribution in [2.24, 2.45) is 0 Å². The normalized spacial score (nSPS) is 15.5. The Balaban J connectivity index is 2.09. The van der Waals surface area contributed by atoms with Gasteiger partial charge in [-0.25, -0.2) is 0 Å². The van der Waals surface area contributed by atoms with Gasteiger partial charge in [0.2, 0.25) is 11.8 Å². The fourth-order valence-electron chi connectivity index (χ4n) is 1.67. The lowest BCUT2D eigenvalue weighted by molar-refractivity contribution is -0.137. The molecular weight excluding hydrogens is 242 g/mol. The van der Waals surface area contributed by atoms with E-state index in [1.54, 1.807) is 24.3 Å². The van der Waals surface area contributed by atoms with Crippen LogP contribution in [0.1, 0.15) is 23.2 Å². The number of rotatable bonds is 3. The number of likely N-dealkylation sites (tertiary alicyclic amines) is 1. The lowest BCUT2D eigenvalue weighted by atomic mass is 10.1. The highest BCUT2D eigenvalue weighted by Crippen LogP contribution is 2.14. The fraction of sp³-hybridized carbons (Fsp3) is 0.250. The van der Waals surface area contributed by atoms with E-state index in [-0.39, 0.29) is 37.0 Å². The number of carbonyl (C=O) groups excluding carboxylic acids is 3. The smallest absolute Gasteiger partial charge is 0.230 e. The van der Waals surface area contributed by atoms with E-state index in [4.69, 9.17) is 11.6 Å². The third kappa shape index (κ3) is 2.53. The number of hydrogen-bond acceptors (Lipinski definition) is 3. The Bertz CT molecular complexity index is 465. The average Bonchev–Trinajstić information content (AvgIpc) is 2.61. The Labute approximate surface area is 103 Å². The quantitative estimate of drug-likeness (QED) is 0.607. The highest BCUT2D eigenvalue weighted by atomic mass is 35.5. The number of amides is 2. The molecule has 4 nitrogen and oxygen atoms in total. The number of hydrogen-bond donors (Lipinski definition) is 0. The fourth-order valence-corrected chi connectivity index (χ4v) is 1.80. The van der Waals surface area contributed by atoms with Crippen molar-refractivity contribution in [2.75, 3.05) is 6.54 Å². The van der Waals surface area contributed by atoms with Crippen LogP contribution in [0.5, 0.6) is 0 Å². The van der Waals surface area contributed by atoms with E-state index in [2.05, 4.69) is 0 Å². The van der Waals surface area contributed by atoms with Crippen molar-refractivity contribution in [1.29, 1.82) is 0 Å². The lowest BCUT2D eigenvalue weighted by Gasteiger charge is -2.12. The molecular formula is C12H10ClNO3. The molecule has 1 fully saturated rings. The summed E-state index contributed by atoms with van der Waals surface area (Å²) in [5.41, 5.74) is 0.446. The number of carbonyl (C=O) groups is 3. The SMILES string of the molecule is O=C(CN1C(=O)CCC1=O)c1ccc(Cl)cc1. The Morgan fingerprint density at radius 2 is 1.65 bits per heavy atom. The standard InChI is InChI=1S/C12H10ClNO3/c13-9-3-1-8(2-4-9)10(15)7-14-11(16)5-6-12(14)17/h1-4H,5-7H2. The molecule has 0 atom stereocenters. The molecule has 1 saturated heterocycles. The molecule has 0 saturated carbocycles. The number of ketones is 1. The highest BCUT2D eigenvalue weighted by Gasteiger charge is 2.30. The number of Topliss-reactive ketones (excluding diaryl/α,β-unsaturated/α-hetero) is 1. The van der Waals surface area contributed by atoms with Gasteiger partial charge in [0.15, 0.2) is 5.78 Å². The van der Waals surface area contributed by atoms with E-state index in [0.29, 0.717) is 10.6 Å². The van der Waals surface area contributed by atoms with Crippen molar-refractivity contribution in [1.82, 2.24) is 4.90 Å². The van der Waals surface area contributed by atoms with E-state index in [9.17, 15) is 14.4 Å².